The van der Waals surface area contributed by atoms with Crippen LogP contribution < -0.4 is 16.0 Å². The number of carbonyl (C=O) groups excluding carboxylic acids is 1. The lowest BCUT2D eigenvalue weighted by Crippen LogP contribution is -2.54. The summed E-state index contributed by atoms with van der Waals surface area (Å²) in [7, 11) is 1.72. The predicted octanol–water partition coefficient (Wildman–Crippen LogP) is 5.14. The van der Waals surface area contributed by atoms with Crippen LogP contribution in [0.1, 0.15) is 38.2 Å². The second-order valence-corrected chi connectivity index (χ2v) is 9.99. The van der Waals surface area contributed by atoms with Crippen molar-refractivity contribution < 1.29 is 4.79 Å². The number of benzene rings is 2. The first-order valence-electron chi connectivity index (χ1n) is 13.6. The largest absolute Gasteiger partial charge is 0.367 e. The van der Waals surface area contributed by atoms with Gasteiger partial charge in [0.1, 0.15) is 17.2 Å². The monoisotopic (exact) mass is 521 g/mol. The van der Waals surface area contributed by atoms with Crippen LogP contribution >= 0.6 is 0 Å². The number of likely N-dealkylation sites (N-methyl/N-ethyl adjacent to an activating group) is 1. The smallest absolute Gasteiger partial charge is 0.267 e. The highest BCUT2D eigenvalue weighted by Crippen LogP contribution is 2.31. The number of rotatable bonds is 8. The first-order chi connectivity index (χ1) is 19.0. The molecule has 0 spiro atoms. The zero-order valence-corrected chi connectivity index (χ0v) is 22.4. The SMILES string of the molecule is CC[C@H]1CCC[C@H]1/N=C1\NC(=N)/C(=C(\NCc2ccc(-c3ccccn3)cc2)Nc2ccccc2)C(=O)N1C. The van der Waals surface area contributed by atoms with E-state index in [1.165, 1.54) is 4.90 Å². The van der Waals surface area contributed by atoms with Gasteiger partial charge in [0.15, 0.2) is 0 Å². The van der Waals surface area contributed by atoms with Crippen molar-refractivity contribution >= 4 is 23.4 Å². The number of anilines is 1. The fourth-order valence-electron chi connectivity index (χ4n) is 5.18. The minimum Gasteiger partial charge on any atom is -0.367 e. The third-order valence-corrected chi connectivity index (χ3v) is 7.43. The number of pyridine rings is 1. The van der Waals surface area contributed by atoms with Crippen LogP contribution in [-0.4, -0.2) is 40.7 Å². The Bertz CT molecular complexity index is 1370. The molecule has 0 radical (unpaired) electrons. The maximum absolute atomic E-state index is 13.6. The first-order valence-corrected chi connectivity index (χ1v) is 13.6. The second kappa shape index (κ2) is 11.9. The van der Waals surface area contributed by atoms with Crippen molar-refractivity contribution in [2.75, 3.05) is 12.4 Å². The number of nitrogens with one attached hydrogen (secondary N) is 4. The summed E-state index contributed by atoms with van der Waals surface area (Å²) in [5.74, 6) is 1.19. The molecule has 0 bridgehead atoms. The molecule has 39 heavy (non-hydrogen) atoms. The Labute approximate surface area is 229 Å². The molecular weight excluding hydrogens is 486 g/mol. The number of guanidine groups is 1. The summed E-state index contributed by atoms with van der Waals surface area (Å²) < 4.78 is 0. The highest BCUT2D eigenvalue weighted by molar-refractivity contribution is 6.30. The van der Waals surface area contributed by atoms with Crippen molar-refractivity contribution in [3.8, 4) is 11.3 Å². The maximum atomic E-state index is 13.6. The van der Waals surface area contributed by atoms with Crippen molar-refractivity contribution in [2.24, 2.45) is 10.9 Å². The molecule has 2 heterocycles. The Balaban J connectivity index is 1.39. The third-order valence-electron chi connectivity index (χ3n) is 7.43. The highest BCUT2D eigenvalue weighted by atomic mass is 16.2. The molecule has 0 unspecified atom stereocenters. The summed E-state index contributed by atoms with van der Waals surface area (Å²) in [4.78, 5) is 24.4. The average molecular weight is 522 g/mol. The van der Waals surface area contributed by atoms with Crippen LogP contribution in [0.5, 0.6) is 0 Å². The van der Waals surface area contributed by atoms with Gasteiger partial charge < -0.3 is 16.0 Å². The van der Waals surface area contributed by atoms with Gasteiger partial charge in [-0.25, -0.2) is 4.99 Å². The minimum atomic E-state index is -0.278. The lowest BCUT2D eigenvalue weighted by molar-refractivity contribution is -0.122. The van der Waals surface area contributed by atoms with Crippen LogP contribution in [0.2, 0.25) is 0 Å². The molecule has 8 nitrogen and oxygen atoms in total. The molecule has 1 aromatic heterocycles. The van der Waals surface area contributed by atoms with Gasteiger partial charge in [-0.2, -0.15) is 0 Å². The molecule has 1 aliphatic heterocycles. The fourth-order valence-corrected chi connectivity index (χ4v) is 5.18. The number of nitrogens with zero attached hydrogens (tertiary/aromatic N) is 3. The fraction of sp³-hybridized carbons (Fsp3) is 0.290. The van der Waals surface area contributed by atoms with E-state index in [9.17, 15) is 4.79 Å². The standard InChI is InChI=1S/C31H35N7O/c1-3-22-10-9-14-26(22)36-31-37-28(32)27(30(39)38(31)2)29(35-24-11-5-4-6-12-24)34-20-21-15-17-23(18-16-21)25-13-7-8-19-33-25/h4-8,11-13,15-19,22,26,34-35H,3,9-10,14,20H2,1-2H3,(H2,32,36,37)/b29-27-/t22-,26+/m0/s1. The Hall–Kier alpha value is -4.46. The molecule has 5 rings (SSSR count). The van der Waals surface area contributed by atoms with E-state index >= 15 is 0 Å². The van der Waals surface area contributed by atoms with E-state index in [-0.39, 0.29) is 23.4 Å². The van der Waals surface area contributed by atoms with E-state index in [2.05, 4.69) is 27.9 Å². The van der Waals surface area contributed by atoms with Crippen LogP contribution in [0.15, 0.2) is 95.4 Å². The van der Waals surface area contributed by atoms with Crippen LogP contribution in [0.4, 0.5) is 5.69 Å². The van der Waals surface area contributed by atoms with Crippen molar-refractivity contribution in [1.29, 1.82) is 5.41 Å². The molecule has 4 N–H and O–H groups in total. The first kappa shape index (κ1) is 26.2. The summed E-state index contributed by atoms with van der Waals surface area (Å²) in [6, 6.07) is 23.8. The van der Waals surface area contributed by atoms with Gasteiger partial charge in [0, 0.05) is 31.0 Å². The molecule has 2 fully saturated rings. The summed E-state index contributed by atoms with van der Waals surface area (Å²) in [6.07, 6.45) is 6.18. The van der Waals surface area contributed by atoms with Crippen molar-refractivity contribution in [2.45, 2.75) is 45.2 Å². The summed E-state index contributed by atoms with van der Waals surface area (Å²) in [5, 5.41) is 18.6. The van der Waals surface area contributed by atoms with Gasteiger partial charge in [-0.05, 0) is 48.6 Å². The average Bonchev–Trinajstić information content (AvgIpc) is 3.43. The number of amides is 1. The van der Waals surface area contributed by atoms with Gasteiger partial charge >= 0.3 is 0 Å². The Kier molecular flexibility index (Phi) is 8.01. The van der Waals surface area contributed by atoms with Gasteiger partial charge in [0.25, 0.3) is 5.91 Å². The van der Waals surface area contributed by atoms with E-state index < -0.39 is 0 Å². The Morgan fingerprint density at radius 1 is 1.08 bits per heavy atom. The van der Waals surface area contributed by atoms with Crippen LogP contribution in [0.3, 0.4) is 0 Å². The summed E-state index contributed by atoms with van der Waals surface area (Å²) in [5.41, 5.74) is 4.05. The molecule has 2 atom stereocenters. The minimum absolute atomic E-state index is 0.0272. The number of para-hydroxylation sites is 1. The zero-order chi connectivity index (χ0) is 27.2. The lowest BCUT2D eigenvalue weighted by atomic mass is 10.0. The van der Waals surface area contributed by atoms with E-state index in [0.717, 1.165) is 48.2 Å². The number of hydrogen-bond acceptors (Lipinski definition) is 6. The Morgan fingerprint density at radius 3 is 2.56 bits per heavy atom. The molecule has 8 heteroatoms. The number of carbonyl (C=O) groups is 1. The van der Waals surface area contributed by atoms with Crippen LogP contribution in [-0.2, 0) is 11.3 Å². The number of aliphatic imine (C=N–C) groups is 1. The van der Waals surface area contributed by atoms with E-state index in [4.69, 9.17) is 10.4 Å². The molecule has 200 valence electrons. The van der Waals surface area contributed by atoms with E-state index in [1.807, 2.05) is 72.8 Å². The number of aromatic nitrogens is 1. The quantitative estimate of drug-likeness (QED) is 0.308. The van der Waals surface area contributed by atoms with Crippen molar-refractivity contribution in [3.05, 3.63) is 96.0 Å². The number of hydrogen-bond donors (Lipinski definition) is 4. The zero-order valence-electron chi connectivity index (χ0n) is 22.4. The Morgan fingerprint density at radius 2 is 1.85 bits per heavy atom. The molecule has 2 aromatic carbocycles. The van der Waals surface area contributed by atoms with Gasteiger partial charge in [0.05, 0.1) is 11.7 Å². The molecular formula is C31H35N7O. The predicted molar refractivity (Wildman–Crippen MR) is 156 cm³/mol. The van der Waals surface area contributed by atoms with Crippen molar-refractivity contribution in [1.82, 2.24) is 20.5 Å². The molecule has 2 aliphatic rings. The topological polar surface area (TPSA) is 105 Å². The molecule has 1 saturated heterocycles. The molecule has 1 amide bonds. The van der Waals surface area contributed by atoms with Crippen LogP contribution in [0.25, 0.3) is 11.3 Å². The molecule has 3 aromatic rings. The summed E-state index contributed by atoms with van der Waals surface area (Å²) >= 11 is 0. The highest BCUT2D eigenvalue weighted by Gasteiger charge is 2.34. The van der Waals surface area contributed by atoms with Gasteiger partial charge in [-0.15, -0.1) is 0 Å². The van der Waals surface area contributed by atoms with Crippen LogP contribution in [0, 0.1) is 11.3 Å². The van der Waals surface area contributed by atoms with Gasteiger partial charge in [0.2, 0.25) is 5.96 Å². The number of amidine groups is 1. The second-order valence-electron chi connectivity index (χ2n) is 9.99. The lowest BCUT2D eigenvalue weighted by Gasteiger charge is -2.31. The third kappa shape index (κ3) is 6.00. The van der Waals surface area contributed by atoms with E-state index in [1.54, 1.807) is 13.2 Å². The molecule has 1 saturated carbocycles. The van der Waals surface area contributed by atoms with Gasteiger partial charge in [-0.1, -0.05) is 68.3 Å². The summed E-state index contributed by atoms with van der Waals surface area (Å²) in [6.45, 7) is 2.65. The molecule has 1 aliphatic carbocycles. The van der Waals surface area contributed by atoms with E-state index in [0.29, 0.717) is 24.2 Å². The van der Waals surface area contributed by atoms with Gasteiger partial charge in [-0.3, -0.25) is 20.1 Å². The maximum Gasteiger partial charge on any atom is 0.267 e. The normalized spacial score (nSPS) is 21.6. The van der Waals surface area contributed by atoms with Crippen molar-refractivity contribution in [3.63, 3.8) is 0 Å².